The summed E-state index contributed by atoms with van der Waals surface area (Å²) in [4.78, 5) is 11.5. The molecule has 2 fully saturated rings. The van der Waals surface area contributed by atoms with Crippen LogP contribution in [-0.4, -0.2) is 56.9 Å². The number of nitrogens with zero attached hydrogens (tertiary/aromatic N) is 5. The molecule has 0 spiro atoms. The predicted octanol–water partition coefficient (Wildman–Crippen LogP) is 4.40. The van der Waals surface area contributed by atoms with E-state index in [9.17, 15) is 4.39 Å². The van der Waals surface area contributed by atoms with Crippen LogP contribution in [0.5, 0.6) is 11.5 Å². The van der Waals surface area contributed by atoms with Crippen LogP contribution in [0.25, 0.3) is 22.3 Å². The molecule has 8 nitrogen and oxygen atoms in total. The van der Waals surface area contributed by atoms with E-state index < -0.39 is 5.82 Å². The number of piperidine rings is 2. The second-order valence-corrected chi connectivity index (χ2v) is 9.56. The molecule has 0 radical (unpaired) electrons. The number of benzene rings is 2. The number of nitrogens with two attached hydrogens (primary N) is 1. The van der Waals surface area contributed by atoms with Crippen molar-refractivity contribution in [3.05, 3.63) is 60.7 Å². The van der Waals surface area contributed by atoms with Crippen molar-refractivity contribution < 1.29 is 9.13 Å². The molecule has 2 aliphatic heterocycles. The van der Waals surface area contributed by atoms with Crippen LogP contribution >= 0.6 is 0 Å². The number of ether oxygens (including phenoxy) is 1. The number of hydrogen-bond acceptors (Lipinski definition) is 7. The van der Waals surface area contributed by atoms with Gasteiger partial charge >= 0.3 is 0 Å². The third-order valence-electron chi connectivity index (χ3n) is 7.38. The predicted molar refractivity (Wildman–Crippen MR) is 137 cm³/mol. The Morgan fingerprint density at radius 2 is 1.67 bits per heavy atom. The molecule has 2 saturated heterocycles. The molecule has 2 aromatic carbocycles. The molecule has 0 amide bonds. The van der Waals surface area contributed by atoms with Gasteiger partial charge in [-0.25, -0.2) is 19.0 Å². The highest BCUT2D eigenvalue weighted by Gasteiger charge is 2.29. The smallest absolute Gasteiger partial charge is 0.165 e. The molecule has 0 aliphatic carbocycles. The van der Waals surface area contributed by atoms with Crippen molar-refractivity contribution in [3.8, 4) is 22.8 Å². The molecule has 6 rings (SSSR count). The van der Waals surface area contributed by atoms with E-state index in [1.807, 2.05) is 28.9 Å². The van der Waals surface area contributed by atoms with Gasteiger partial charge in [0.1, 0.15) is 23.6 Å². The van der Waals surface area contributed by atoms with Crippen molar-refractivity contribution in [2.45, 2.75) is 37.8 Å². The minimum Gasteiger partial charge on any atom is -0.454 e. The van der Waals surface area contributed by atoms with E-state index in [0.717, 1.165) is 61.3 Å². The third kappa shape index (κ3) is 4.40. The number of nitrogens with one attached hydrogen (secondary N) is 1. The number of fused-ring (bicyclic) bond motifs is 1. The first-order valence-corrected chi connectivity index (χ1v) is 12.6. The Labute approximate surface area is 209 Å². The van der Waals surface area contributed by atoms with Crippen LogP contribution in [0.4, 0.5) is 10.2 Å². The van der Waals surface area contributed by atoms with Crippen molar-refractivity contribution in [1.82, 2.24) is 30.0 Å². The number of aromatic nitrogens is 4. The summed E-state index contributed by atoms with van der Waals surface area (Å²) in [6.07, 6.45) is 6.01. The van der Waals surface area contributed by atoms with Gasteiger partial charge in [0.25, 0.3) is 0 Å². The molecule has 2 aromatic heterocycles. The summed E-state index contributed by atoms with van der Waals surface area (Å²) < 4.78 is 21.7. The highest BCUT2D eigenvalue weighted by atomic mass is 19.1. The Kier molecular flexibility index (Phi) is 6.25. The molecular weight excluding hydrogens is 457 g/mol. The number of likely N-dealkylation sites (tertiary alicyclic amines) is 1. The van der Waals surface area contributed by atoms with Crippen molar-refractivity contribution >= 4 is 16.9 Å². The van der Waals surface area contributed by atoms with Gasteiger partial charge in [0.15, 0.2) is 17.2 Å². The van der Waals surface area contributed by atoms with Gasteiger partial charge in [-0.3, -0.25) is 0 Å². The molecule has 3 N–H and O–H groups in total. The number of rotatable bonds is 5. The maximum Gasteiger partial charge on any atom is 0.165 e. The van der Waals surface area contributed by atoms with Gasteiger partial charge in [-0.2, -0.15) is 5.10 Å². The van der Waals surface area contributed by atoms with Crippen molar-refractivity contribution in [2.75, 3.05) is 31.9 Å². The van der Waals surface area contributed by atoms with Crippen LogP contribution in [0.15, 0.2) is 54.9 Å². The van der Waals surface area contributed by atoms with E-state index >= 15 is 0 Å². The van der Waals surface area contributed by atoms with Gasteiger partial charge in [0.05, 0.1) is 11.4 Å². The average Bonchev–Trinajstić information content (AvgIpc) is 3.32. The monoisotopic (exact) mass is 487 g/mol. The first kappa shape index (κ1) is 22.9. The molecule has 0 bridgehead atoms. The maximum atomic E-state index is 14.0. The van der Waals surface area contributed by atoms with E-state index in [1.54, 1.807) is 18.2 Å². The molecule has 186 valence electrons. The van der Waals surface area contributed by atoms with E-state index in [1.165, 1.54) is 25.2 Å². The lowest BCUT2D eigenvalue weighted by Crippen LogP contribution is -2.46. The van der Waals surface area contributed by atoms with Crippen LogP contribution < -0.4 is 15.8 Å². The van der Waals surface area contributed by atoms with Crippen LogP contribution in [0.2, 0.25) is 0 Å². The summed E-state index contributed by atoms with van der Waals surface area (Å²) in [6.45, 7) is 4.35. The Morgan fingerprint density at radius 1 is 0.917 bits per heavy atom. The Bertz CT molecular complexity index is 1340. The summed E-state index contributed by atoms with van der Waals surface area (Å²) in [5.74, 6) is 0.748. The third-order valence-corrected chi connectivity index (χ3v) is 7.38. The summed E-state index contributed by atoms with van der Waals surface area (Å²) in [5.41, 5.74) is 8.72. The number of hydrogen-bond donors (Lipinski definition) is 2. The summed E-state index contributed by atoms with van der Waals surface area (Å²) in [7, 11) is 0. The molecule has 4 aromatic rings. The van der Waals surface area contributed by atoms with Crippen molar-refractivity contribution in [3.63, 3.8) is 0 Å². The lowest BCUT2D eigenvalue weighted by molar-refractivity contribution is 0.111. The van der Waals surface area contributed by atoms with E-state index in [2.05, 4.69) is 20.2 Å². The zero-order chi connectivity index (χ0) is 24.5. The first-order chi connectivity index (χ1) is 17.7. The summed E-state index contributed by atoms with van der Waals surface area (Å²) >= 11 is 0. The van der Waals surface area contributed by atoms with Crippen LogP contribution in [-0.2, 0) is 0 Å². The fourth-order valence-corrected chi connectivity index (χ4v) is 5.45. The molecule has 4 heterocycles. The van der Waals surface area contributed by atoms with E-state index in [0.29, 0.717) is 17.6 Å². The quantitative estimate of drug-likeness (QED) is 0.431. The number of para-hydroxylation sites is 1. The highest BCUT2D eigenvalue weighted by molar-refractivity contribution is 5.98. The maximum absolute atomic E-state index is 14.0. The number of nitrogen functional groups attached to an aromatic ring is 1. The minimum absolute atomic E-state index is 0.188. The zero-order valence-electron chi connectivity index (χ0n) is 20.1. The second-order valence-electron chi connectivity index (χ2n) is 9.56. The SMILES string of the molecule is Nc1ncnc2c1c(-c1ccc(Oc3ccccc3F)cc1)nn2C1CCN(C2CCNCC2)CC1. The highest BCUT2D eigenvalue weighted by Crippen LogP contribution is 2.35. The Morgan fingerprint density at radius 3 is 2.42 bits per heavy atom. The molecular formula is C27H30FN7O. The fraction of sp³-hybridized carbons (Fsp3) is 0.370. The van der Waals surface area contributed by atoms with Gasteiger partial charge < -0.3 is 20.7 Å². The van der Waals surface area contributed by atoms with E-state index in [4.69, 9.17) is 15.6 Å². The molecule has 0 saturated carbocycles. The van der Waals surface area contributed by atoms with Crippen LogP contribution in [0.1, 0.15) is 31.7 Å². The zero-order valence-corrected chi connectivity index (χ0v) is 20.1. The lowest BCUT2D eigenvalue weighted by Gasteiger charge is -2.39. The van der Waals surface area contributed by atoms with Gasteiger partial charge in [0, 0.05) is 24.7 Å². The number of halogens is 1. The van der Waals surface area contributed by atoms with E-state index in [-0.39, 0.29) is 11.8 Å². The Hall–Kier alpha value is -3.56. The van der Waals surface area contributed by atoms with Crippen LogP contribution in [0.3, 0.4) is 0 Å². The Balaban J connectivity index is 1.26. The standard InChI is InChI=1S/C27H30FN7O/c28-22-3-1-2-4-23(22)36-21-7-5-18(6-8-21)25-24-26(29)31-17-32-27(24)35(33-25)20-11-15-34(16-12-20)19-9-13-30-14-10-19/h1-8,17,19-20,30H,9-16H2,(H2,29,31,32). The molecule has 9 heteroatoms. The van der Waals surface area contributed by atoms with Crippen molar-refractivity contribution in [1.29, 1.82) is 0 Å². The van der Waals surface area contributed by atoms with Gasteiger partial charge in [-0.15, -0.1) is 0 Å². The molecule has 36 heavy (non-hydrogen) atoms. The normalized spacial score (nSPS) is 18.0. The van der Waals surface area contributed by atoms with Gasteiger partial charge in [-0.1, -0.05) is 12.1 Å². The van der Waals surface area contributed by atoms with Crippen molar-refractivity contribution in [2.24, 2.45) is 0 Å². The molecule has 0 atom stereocenters. The molecule has 0 unspecified atom stereocenters. The summed E-state index contributed by atoms with van der Waals surface area (Å²) in [6, 6.07) is 14.7. The van der Waals surface area contributed by atoms with Gasteiger partial charge in [-0.05, 0) is 75.2 Å². The topological polar surface area (TPSA) is 94.1 Å². The minimum atomic E-state index is -0.401. The fourth-order valence-electron chi connectivity index (χ4n) is 5.45. The van der Waals surface area contributed by atoms with Crippen LogP contribution in [0, 0.1) is 5.82 Å². The largest absolute Gasteiger partial charge is 0.454 e. The average molecular weight is 488 g/mol. The second kappa shape index (κ2) is 9.83. The first-order valence-electron chi connectivity index (χ1n) is 12.6. The lowest BCUT2D eigenvalue weighted by atomic mass is 9.99. The molecule has 2 aliphatic rings. The summed E-state index contributed by atoms with van der Waals surface area (Å²) in [5, 5.41) is 9.24. The number of anilines is 1. The van der Waals surface area contributed by atoms with Gasteiger partial charge in [0.2, 0.25) is 0 Å².